The van der Waals surface area contributed by atoms with Crippen molar-refractivity contribution in [3.8, 4) is 11.4 Å². The van der Waals surface area contributed by atoms with Gasteiger partial charge in [0.2, 0.25) is 0 Å². The van der Waals surface area contributed by atoms with Gasteiger partial charge < -0.3 is 10.3 Å². The van der Waals surface area contributed by atoms with E-state index < -0.39 is 0 Å². The molecule has 2 N–H and O–H groups in total. The van der Waals surface area contributed by atoms with E-state index in [1.54, 1.807) is 12.4 Å². The molecule has 0 saturated carbocycles. The molecular formula is C16H18N4. The fourth-order valence-electron chi connectivity index (χ4n) is 2.54. The van der Waals surface area contributed by atoms with E-state index in [0.717, 1.165) is 33.7 Å². The zero-order chi connectivity index (χ0) is 14.3. The van der Waals surface area contributed by atoms with Gasteiger partial charge in [0.25, 0.3) is 0 Å². The molecule has 0 unspecified atom stereocenters. The molecule has 0 aliphatic carbocycles. The maximum Gasteiger partial charge on any atom is 0.143 e. The minimum absolute atomic E-state index is 0.303. The lowest BCUT2D eigenvalue weighted by atomic mass is 10.1. The van der Waals surface area contributed by atoms with Gasteiger partial charge in [0.05, 0.1) is 11.7 Å². The minimum Gasteiger partial charge on any atom is -0.398 e. The Hall–Kier alpha value is -2.36. The number of para-hydroxylation sites is 1. The van der Waals surface area contributed by atoms with Gasteiger partial charge in [0.1, 0.15) is 11.3 Å². The van der Waals surface area contributed by atoms with Crippen LogP contribution >= 0.6 is 0 Å². The van der Waals surface area contributed by atoms with Crippen molar-refractivity contribution >= 4 is 16.7 Å². The monoisotopic (exact) mass is 266 g/mol. The Bertz CT molecular complexity index is 771. The molecule has 2 heterocycles. The number of fused-ring (bicyclic) bond motifs is 1. The molecule has 0 aliphatic heterocycles. The second kappa shape index (κ2) is 4.63. The molecule has 0 saturated heterocycles. The summed E-state index contributed by atoms with van der Waals surface area (Å²) in [6.07, 6.45) is 3.59. The van der Waals surface area contributed by atoms with Crippen LogP contribution in [0.4, 0.5) is 5.69 Å². The van der Waals surface area contributed by atoms with E-state index in [0.29, 0.717) is 6.04 Å². The standard InChI is InChI=1S/C16H18N4/c1-10(2)20-14-7-8-18-9-13(14)19-16(20)12-6-4-5-11(3)15(12)17/h4-10H,17H2,1-3H3. The van der Waals surface area contributed by atoms with Crippen LogP contribution < -0.4 is 5.73 Å². The van der Waals surface area contributed by atoms with Gasteiger partial charge in [-0.2, -0.15) is 0 Å². The zero-order valence-corrected chi connectivity index (χ0v) is 12.0. The third-order valence-electron chi connectivity index (χ3n) is 3.57. The number of imidazole rings is 1. The number of nitrogen functional groups attached to an aromatic ring is 1. The number of pyridine rings is 1. The molecule has 0 radical (unpaired) electrons. The Kier molecular flexibility index (Phi) is 2.93. The summed E-state index contributed by atoms with van der Waals surface area (Å²) in [5.74, 6) is 0.907. The summed E-state index contributed by atoms with van der Waals surface area (Å²) in [6, 6.07) is 8.36. The van der Waals surface area contributed by atoms with Crippen LogP contribution in [0.5, 0.6) is 0 Å². The lowest BCUT2D eigenvalue weighted by Crippen LogP contribution is -2.05. The number of hydrogen-bond acceptors (Lipinski definition) is 3. The summed E-state index contributed by atoms with van der Waals surface area (Å²) in [4.78, 5) is 8.88. The molecule has 0 spiro atoms. The topological polar surface area (TPSA) is 56.7 Å². The first-order valence-corrected chi connectivity index (χ1v) is 6.77. The molecule has 0 bridgehead atoms. The van der Waals surface area contributed by atoms with Crippen LogP contribution in [0.25, 0.3) is 22.4 Å². The molecule has 3 aromatic rings. The largest absolute Gasteiger partial charge is 0.398 e. The van der Waals surface area contributed by atoms with E-state index in [1.807, 2.05) is 31.2 Å². The minimum atomic E-state index is 0.303. The quantitative estimate of drug-likeness (QED) is 0.721. The van der Waals surface area contributed by atoms with Crippen LogP contribution in [-0.4, -0.2) is 14.5 Å². The highest BCUT2D eigenvalue weighted by Crippen LogP contribution is 2.32. The zero-order valence-electron chi connectivity index (χ0n) is 12.0. The molecule has 0 atom stereocenters. The van der Waals surface area contributed by atoms with Crippen LogP contribution in [0.1, 0.15) is 25.5 Å². The average molecular weight is 266 g/mol. The van der Waals surface area contributed by atoms with Crippen molar-refractivity contribution in [3.63, 3.8) is 0 Å². The van der Waals surface area contributed by atoms with Crippen molar-refractivity contribution < 1.29 is 0 Å². The number of hydrogen-bond donors (Lipinski definition) is 1. The molecule has 102 valence electrons. The maximum atomic E-state index is 6.24. The Balaban J connectivity index is 2.36. The second-order valence-corrected chi connectivity index (χ2v) is 5.30. The van der Waals surface area contributed by atoms with Gasteiger partial charge in [0, 0.05) is 23.5 Å². The van der Waals surface area contributed by atoms with Crippen LogP contribution in [0, 0.1) is 6.92 Å². The highest BCUT2D eigenvalue weighted by atomic mass is 15.1. The molecule has 20 heavy (non-hydrogen) atoms. The Morgan fingerprint density at radius 3 is 2.75 bits per heavy atom. The Labute approximate surface area is 118 Å². The van der Waals surface area contributed by atoms with Gasteiger partial charge in [-0.25, -0.2) is 4.98 Å². The van der Waals surface area contributed by atoms with E-state index >= 15 is 0 Å². The molecule has 0 amide bonds. The smallest absolute Gasteiger partial charge is 0.143 e. The van der Waals surface area contributed by atoms with Crippen LogP contribution in [-0.2, 0) is 0 Å². The molecule has 3 rings (SSSR count). The van der Waals surface area contributed by atoms with Crippen molar-refractivity contribution in [2.24, 2.45) is 0 Å². The first kappa shape index (κ1) is 12.7. The van der Waals surface area contributed by atoms with E-state index in [1.165, 1.54) is 0 Å². The summed E-state index contributed by atoms with van der Waals surface area (Å²) in [7, 11) is 0. The molecule has 4 nitrogen and oxygen atoms in total. The van der Waals surface area contributed by atoms with E-state index in [-0.39, 0.29) is 0 Å². The first-order valence-electron chi connectivity index (χ1n) is 6.77. The summed E-state index contributed by atoms with van der Waals surface area (Å²) in [5.41, 5.74) is 11.1. The molecule has 0 aliphatic rings. The van der Waals surface area contributed by atoms with Crippen LogP contribution in [0.3, 0.4) is 0 Å². The lowest BCUT2D eigenvalue weighted by molar-refractivity contribution is 0.624. The third-order valence-corrected chi connectivity index (χ3v) is 3.57. The highest BCUT2D eigenvalue weighted by Gasteiger charge is 2.17. The molecular weight excluding hydrogens is 248 g/mol. The van der Waals surface area contributed by atoms with Gasteiger partial charge in [-0.1, -0.05) is 12.1 Å². The highest BCUT2D eigenvalue weighted by molar-refractivity contribution is 5.84. The Morgan fingerprint density at radius 1 is 1.20 bits per heavy atom. The molecule has 0 fully saturated rings. The van der Waals surface area contributed by atoms with Crippen molar-refractivity contribution in [1.29, 1.82) is 0 Å². The number of rotatable bonds is 2. The van der Waals surface area contributed by atoms with Crippen molar-refractivity contribution in [2.45, 2.75) is 26.8 Å². The number of nitrogens with zero attached hydrogens (tertiary/aromatic N) is 3. The van der Waals surface area contributed by atoms with Crippen LogP contribution in [0.2, 0.25) is 0 Å². The van der Waals surface area contributed by atoms with Crippen molar-refractivity contribution in [3.05, 3.63) is 42.2 Å². The van der Waals surface area contributed by atoms with E-state index in [2.05, 4.69) is 23.4 Å². The lowest BCUT2D eigenvalue weighted by Gasteiger charge is -2.15. The normalized spacial score (nSPS) is 11.4. The molecule has 1 aromatic carbocycles. The number of anilines is 1. The maximum absolute atomic E-state index is 6.24. The van der Waals surface area contributed by atoms with Crippen molar-refractivity contribution in [2.75, 3.05) is 5.73 Å². The van der Waals surface area contributed by atoms with E-state index in [9.17, 15) is 0 Å². The number of aryl methyl sites for hydroxylation is 1. The Morgan fingerprint density at radius 2 is 2.00 bits per heavy atom. The number of benzene rings is 1. The van der Waals surface area contributed by atoms with Crippen molar-refractivity contribution in [1.82, 2.24) is 14.5 Å². The van der Waals surface area contributed by atoms with Gasteiger partial charge >= 0.3 is 0 Å². The van der Waals surface area contributed by atoms with Gasteiger partial charge in [0.15, 0.2) is 0 Å². The summed E-state index contributed by atoms with van der Waals surface area (Å²) in [5, 5.41) is 0. The fraction of sp³-hybridized carbons (Fsp3) is 0.250. The summed E-state index contributed by atoms with van der Waals surface area (Å²) < 4.78 is 2.21. The number of nitrogens with two attached hydrogens (primary N) is 1. The molecule has 4 heteroatoms. The fourth-order valence-corrected chi connectivity index (χ4v) is 2.54. The van der Waals surface area contributed by atoms with Gasteiger partial charge in [-0.05, 0) is 38.5 Å². The average Bonchev–Trinajstić information content (AvgIpc) is 2.81. The summed E-state index contributed by atoms with van der Waals surface area (Å²) >= 11 is 0. The molecule has 2 aromatic heterocycles. The third kappa shape index (κ3) is 1.84. The van der Waals surface area contributed by atoms with Gasteiger partial charge in [-0.15, -0.1) is 0 Å². The summed E-state index contributed by atoms with van der Waals surface area (Å²) in [6.45, 7) is 6.32. The second-order valence-electron chi connectivity index (χ2n) is 5.30. The van der Waals surface area contributed by atoms with Crippen LogP contribution in [0.15, 0.2) is 36.7 Å². The van der Waals surface area contributed by atoms with Gasteiger partial charge in [-0.3, -0.25) is 4.98 Å². The first-order chi connectivity index (χ1) is 9.59. The number of aromatic nitrogens is 3. The SMILES string of the molecule is Cc1cccc(-c2nc3cnccc3n2C(C)C)c1N. The predicted molar refractivity (Wildman–Crippen MR) is 82.5 cm³/mol. The predicted octanol–water partition coefficient (Wildman–Crippen LogP) is 3.57. The van der Waals surface area contributed by atoms with E-state index in [4.69, 9.17) is 10.7 Å².